The molecule has 0 saturated heterocycles. The average molecular weight is 485 g/mol. The average Bonchev–Trinajstić information content (AvgIpc) is 3.22. The van der Waals surface area contributed by atoms with Crippen LogP contribution in [0.15, 0.2) is 70.2 Å². The van der Waals surface area contributed by atoms with Crippen LogP contribution in [0.25, 0.3) is 0 Å². The molecule has 0 atom stereocenters. The van der Waals surface area contributed by atoms with Gasteiger partial charge in [-0.2, -0.15) is 0 Å². The molecule has 0 saturated carbocycles. The van der Waals surface area contributed by atoms with E-state index in [0.29, 0.717) is 27.2 Å². The number of nitrogens with one attached hydrogen (secondary N) is 2. The number of amides is 1. The van der Waals surface area contributed by atoms with Crippen molar-refractivity contribution in [2.45, 2.75) is 17.2 Å². The molecule has 158 valence electrons. The van der Waals surface area contributed by atoms with Gasteiger partial charge in [-0.15, -0.1) is 11.8 Å². The van der Waals surface area contributed by atoms with Gasteiger partial charge in [0.05, 0.1) is 23.5 Å². The van der Waals surface area contributed by atoms with E-state index < -0.39 is 10.0 Å². The Kier molecular flexibility index (Phi) is 7.85. The van der Waals surface area contributed by atoms with E-state index in [1.807, 2.05) is 6.07 Å². The van der Waals surface area contributed by atoms with Crippen molar-refractivity contribution in [2.24, 2.45) is 0 Å². The number of furan rings is 1. The molecule has 10 heteroatoms. The summed E-state index contributed by atoms with van der Waals surface area (Å²) in [7, 11) is -3.75. The number of carbonyl (C=O) groups excluding carboxylic acids is 1. The zero-order chi connectivity index (χ0) is 21.6. The number of benzene rings is 2. The Morgan fingerprint density at radius 3 is 2.63 bits per heavy atom. The van der Waals surface area contributed by atoms with Crippen molar-refractivity contribution >= 4 is 56.6 Å². The normalized spacial score (nSPS) is 11.4. The maximum Gasteiger partial charge on any atom is 0.241 e. The van der Waals surface area contributed by atoms with E-state index in [9.17, 15) is 13.2 Å². The molecule has 3 aromatic rings. The topological polar surface area (TPSA) is 88.4 Å². The van der Waals surface area contributed by atoms with Gasteiger partial charge in [-0.1, -0.05) is 35.3 Å². The minimum absolute atomic E-state index is 0.0375. The Labute approximate surface area is 189 Å². The summed E-state index contributed by atoms with van der Waals surface area (Å²) >= 11 is 13.4. The first-order valence-corrected chi connectivity index (χ1v) is 12.2. The van der Waals surface area contributed by atoms with Crippen molar-refractivity contribution in [2.75, 3.05) is 11.1 Å². The second-order valence-corrected chi connectivity index (χ2v) is 9.80. The van der Waals surface area contributed by atoms with Gasteiger partial charge in [0, 0.05) is 21.5 Å². The molecule has 0 spiro atoms. The molecule has 0 fully saturated rings. The summed E-state index contributed by atoms with van der Waals surface area (Å²) in [5.74, 6) is 0.991. The molecule has 2 N–H and O–H groups in total. The molecule has 30 heavy (non-hydrogen) atoms. The van der Waals surface area contributed by atoms with Crippen LogP contribution in [-0.2, 0) is 27.1 Å². The molecule has 1 heterocycles. The fourth-order valence-electron chi connectivity index (χ4n) is 2.49. The van der Waals surface area contributed by atoms with Crippen LogP contribution in [0.5, 0.6) is 0 Å². The zero-order valence-electron chi connectivity index (χ0n) is 15.6. The molecule has 3 rings (SSSR count). The first-order chi connectivity index (χ1) is 14.3. The number of anilines is 1. The largest absolute Gasteiger partial charge is 0.468 e. The van der Waals surface area contributed by atoms with Gasteiger partial charge in [-0.25, -0.2) is 13.1 Å². The number of sulfonamides is 1. The molecular weight excluding hydrogens is 467 g/mol. The maximum absolute atomic E-state index is 12.5. The molecule has 0 radical (unpaired) electrons. The summed E-state index contributed by atoms with van der Waals surface area (Å²) in [5, 5.41) is 3.82. The van der Waals surface area contributed by atoms with Gasteiger partial charge < -0.3 is 9.73 Å². The van der Waals surface area contributed by atoms with Gasteiger partial charge in [-0.3, -0.25) is 4.79 Å². The SMILES string of the molecule is O=C(CSCc1ccc(Cl)cc1Cl)Nc1cccc(S(=O)(=O)NCc2ccco2)c1. The van der Waals surface area contributed by atoms with Crippen molar-refractivity contribution in [3.63, 3.8) is 0 Å². The van der Waals surface area contributed by atoms with Crippen LogP contribution >= 0.6 is 35.0 Å². The van der Waals surface area contributed by atoms with Crippen LogP contribution in [0.2, 0.25) is 10.0 Å². The van der Waals surface area contributed by atoms with Gasteiger partial charge in [0.25, 0.3) is 0 Å². The standard InChI is InChI=1S/C20H18Cl2N2O4S2/c21-15-7-6-14(19(22)9-15)12-29-13-20(25)24-16-3-1-5-18(10-16)30(26,27)23-11-17-4-2-8-28-17/h1-10,23H,11-13H2,(H,24,25). The molecule has 1 aromatic heterocycles. The predicted molar refractivity (Wildman–Crippen MR) is 120 cm³/mol. The Hall–Kier alpha value is -1.97. The second-order valence-electron chi connectivity index (χ2n) is 6.21. The Morgan fingerprint density at radius 1 is 1.07 bits per heavy atom. The quantitative estimate of drug-likeness (QED) is 0.449. The lowest BCUT2D eigenvalue weighted by Gasteiger charge is -2.09. The number of carbonyl (C=O) groups is 1. The molecule has 0 bridgehead atoms. The van der Waals surface area contributed by atoms with Gasteiger partial charge in [-0.05, 0) is 48.0 Å². The number of hydrogen-bond acceptors (Lipinski definition) is 5. The first kappa shape index (κ1) is 22.7. The molecule has 1 amide bonds. The number of rotatable bonds is 9. The van der Waals surface area contributed by atoms with Gasteiger partial charge in [0.2, 0.25) is 15.9 Å². The predicted octanol–water partition coefficient (Wildman–Crippen LogP) is 4.94. The molecule has 0 unspecified atom stereocenters. The van der Waals surface area contributed by atoms with Gasteiger partial charge in [0.1, 0.15) is 5.76 Å². The van der Waals surface area contributed by atoms with Crippen LogP contribution in [0, 0.1) is 0 Å². The molecule has 0 aliphatic rings. The van der Waals surface area contributed by atoms with E-state index in [1.165, 1.54) is 30.2 Å². The lowest BCUT2D eigenvalue weighted by Crippen LogP contribution is -2.23. The van der Waals surface area contributed by atoms with Crippen molar-refractivity contribution in [3.05, 3.63) is 82.2 Å². The van der Waals surface area contributed by atoms with Crippen molar-refractivity contribution < 1.29 is 17.6 Å². The third-order valence-electron chi connectivity index (χ3n) is 3.95. The maximum atomic E-state index is 12.5. The van der Waals surface area contributed by atoms with Crippen LogP contribution in [0.4, 0.5) is 5.69 Å². The summed E-state index contributed by atoms with van der Waals surface area (Å²) in [4.78, 5) is 12.3. The van der Waals surface area contributed by atoms with Crippen LogP contribution < -0.4 is 10.0 Å². The number of thioether (sulfide) groups is 1. The summed E-state index contributed by atoms with van der Waals surface area (Å²) in [6.07, 6.45) is 1.47. The monoisotopic (exact) mass is 484 g/mol. The smallest absolute Gasteiger partial charge is 0.241 e. The Balaban J connectivity index is 1.54. The number of halogens is 2. The lowest BCUT2D eigenvalue weighted by atomic mass is 10.2. The van der Waals surface area contributed by atoms with E-state index in [1.54, 1.807) is 36.4 Å². The van der Waals surface area contributed by atoms with Crippen molar-refractivity contribution in [1.29, 1.82) is 0 Å². The minimum atomic E-state index is -3.75. The summed E-state index contributed by atoms with van der Waals surface area (Å²) in [5.41, 5.74) is 1.28. The summed E-state index contributed by atoms with van der Waals surface area (Å²) < 4.78 is 32.5. The summed E-state index contributed by atoms with van der Waals surface area (Å²) in [6.45, 7) is 0.0375. The highest BCUT2D eigenvalue weighted by Crippen LogP contribution is 2.25. The fourth-order valence-corrected chi connectivity index (χ4v) is 4.92. The molecular formula is C20H18Cl2N2O4S2. The van der Waals surface area contributed by atoms with Crippen molar-refractivity contribution in [1.82, 2.24) is 4.72 Å². The molecule has 2 aromatic carbocycles. The zero-order valence-corrected chi connectivity index (χ0v) is 18.7. The third kappa shape index (κ3) is 6.52. The second kappa shape index (κ2) is 10.4. The first-order valence-electron chi connectivity index (χ1n) is 8.77. The molecule has 6 nitrogen and oxygen atoms in total. The Morgan fingerprint density at radius 2 is 1.90 bits per heavy atom. The van der Waals surface area contributed by atoms with E-state index >= 15 is 0 Å². The lowest BCUT2D eigenvalue weighted by molar-refractivity contribution is -0.113. The van der Waals surface area contributed by atoms with E-state index in [2.05, 4.69) is 10.0 Å². The van der Waals surface area contributed by atoms with Gasteiger partial charge in [0.15, 0.2) is 0 Å². The van der Waals surface area contributed by atoms with E-state index in [0.717, 1.165) is 5.56 Å². The van der Waals surface area contributed by atoms with Crippen LogP contribution in [0.3, 0.4) is 0 Å². The highest BCUT2D eigenvalue weighted by atomic mass is 35.5. The highest BCUT2D eigenvalue weighted by Gasteiger charge is 2.15. The van der Waals surface area contributed by atoms with Gasteiger partial charge >= 0.3 is 0 Å². The third-order valence-corrected chi connectivity index (χ3v) is 6.92. The van der Waals surface area contributed by atoms with Crippen molar-refractivity contribution in [3.8, 4) is 0 Å². The number of hydrogen-bond donors (Lipinski definition) is 2. The fraction of sp³-hybridized carbons (Fsp3) is 0.150. The molecule has 0 aliphatic heterocycles. The van der Waals surface area contributed by atoms with Crippen LogP contribution in [0.1, 0.15) is 11.3 Å². The highest BCUT2D eigenvalue weighted by molar-refractivity contribution is 7.99. The Bertz CT molecular complexity index is 1120. The van der Waals surface area contributed by atoms with E-state index in [-0.39, 0.29) is 23.1 Å². The van der Waals surface area contributed by atoms with E-state index in [4.69, 9.17) is 27.6 Å². The summed E-state index contributed by atoms with van der Waals surface area (Å²) in [6, 6.07) is 14.6. The van der Waals surface area contributed by atoms with Crippen LogP contribution in [-0.4, -0.2) is 20.1 Å². The molecule has 0 aliphatic carbocycles. The minimum Gasteiger partial charge on any atom is -0.468 e.